The van der Waals surface area contributed by atoms with E-state index >= 15 is 0 Å². The predicted octanol–water partition coefficient (Wildman–Crippen LogP) is 4.20. The summed E-state index contributed by atoms with van der Waals surface area (Å²) in [5.41, 5.74) is 0.811. The Morgan fingerprint density at radius 2 is 2.08 bits per heavy atom. The zero-order chi connectivity index (χ0) is 17.8. The van der Waals surface area contributed by atoms with Gasteiger partial charge in [-0.05, 0) is 36.8 Å². The Labute approximate surface area is 143 Å². The molecule has 2 aromatic heterocycles. The summed E-state index contributed by atoms with van der Waals surface area (Å²) in [5.74, 6) is -1.63. The van der Waals surface area contributed by atoms with Gasteiger partial charge < -0.3 is 9.32 Å². The van der Waals surface area contributed by atoms with E-state index in [1.165, 1.54) is 23.3 Å². The van der Waals surface area contributed by atoms with E-state index in [-0.39, 0.29) is 17.2 Å². The number of benzene rings is 1. The van der Waals surface area contributed by atoms with E-state index in [9.17, 15) is 13.6 Å². The molecule has 0 saturated heterocycles. The number of hydrogen-bond donors (Lipinski definition) is 0. The zero-order valence-corrected chi connectivity index (χ0v) is 13.5. The van der Waals surface area contributed by atoms with E-state index in [0.717, 1.165) is 6.07 Å². The first-order valence-electron chi connectivity index (χ1n) is 7.81. The van der Waals surface area contributed by atoms with E-state index in [1.54, 1.807) is 43.6 Å². The first kappa shape index (κ1) is 16.8. The van der Waals surface area contributed by atoms with Gasteiger partial charge in [0.2, 0.25) is 0 Å². The van der Waals surface area contributed by atoms with Gasteiger partial charge in [-0.15, -0.1) is 0 Å². The minimum Gasteiger partial charge on any atom is -0.459 e. The summed E-state index contributed by atoms with van der Waals surface area (Å²) in [7, 11) is 0. The van der Waals surface area contributed by atoms with E-state index in [2.05, 4.69) is 4.98 Å². The summed E-state index contributed by atoms with van der Waals surface area (Å²) in [5, 5.41) is 0. The molecule has 0 aliphatic rings. The van der Waals surface area contributed by atoms with Gasteiger partial charge in [0.05, 0.1) is 12.3 Å². The normalized spacial score (nSPS) is 12.0. The molecule has 1 atom stereocenters. The van der Waals surface area contributed by atoms with Crippen molar-refractivity contribution in [3.05, 3.63) is 89.6 Å². The molecule has 6 heteroatoms. The zero-order valence-electron chi connectivity index (χ0n) is 13.5. The van der Waals surface area contributed by atoms with Crippen molar-refractivity contribution in [1.29, 1.82) is 0 Å². The van der Waals surface area contributed by atoms with E-state index in [0.29, 0.717) is 12.1 Å². The molecule has 0 fully saturated rings. The maximum Gasteiger partial charge on any atom is 0.290 e. The van der Waals surface area contributed by atoms with E-state index < -0.39 is 17.7 Å². The van der Waals surface area contributed by atoms with Crippen LogP contribution >= 0.6 is 0 Å². The minimum atomic E-state index is -0.753. The number of carbonyl (C=O) groups is 1. The molecule has 0 unspecified atom stereocenters. The smallest absolute Gasteiger partial charge is 0.290 e. The molecule has 1 amide bonds. The number of nitrogens with zero attached hydrogens (tertiary/aromatic N) is 2. The summed E-state index contributed by atoms with van der Waals surface area (Å²) in [6.45, 7) is 2.08. The number of aromatic nitrogens is 1. The number of hydrogen-bond acceptors (Lipinski definition) is 3. The van der Waals surface area contributed by atoms with Gasteiger partial charge in [0.25, 0.3) is 5.91 Å². The van der Waals surface area contributed by atoms with Gasteiger partial charge in [0, 0.05) is 30.6 Å². The molecule has 3 rings (SSSR count). The highest BCUT2D eigenvalue weighted by atomic mass is 19.1. The third-order valence-corrected chi connectivity index (χ3v) is 3.90. The number of pyridine rings is 1. The Balaban J connectivity index is 2.11. The second-order valence-electron chi connectivity index (χ2n) is 5.42. The monoisotopic (exact) mass is 342 g/mol. The van der Waals surface area contributed by atoms with Crippen LogP contribution in [0.25, 0.3) is 0 Å². The summed E-state index contributed by atoms with van der Waals surface area (Å²) in [4.78, 5) is 18.3. The average Bonchev–Trinajstić information content (AvgIpc) is 3.15. The number of amides is 1. The van der Waals surface area contributed by atoms with Crippen LogP contribution in [0, 0.1) is 11.6 Å². The highest BCUT2D eigenvalue weighted by molar-refractivity contribution is 5.92. The lowest BCUT2D eigenvalue weighted by atomic mass is 9.97. The molecule has 2 heterocycles. The standard InChI is InChI=1S/C19H16F2N2O2/c1-2-23(19(24)17-6-4-10-25-17)18(13-5-3-9-22-12-13)15-8-7-14(20)11-16(15)21/h3-12,18H,2H2,1H3/t18-/m0/s1. The molecule has 25 heavy (non-hydrogen) atoms. The number of halogens is 2. The lowest BCUT2D eigenvalue weighted by Crippen LogP contribution is -2.35. The first-order chi connectivity index (χ1) is 12.1. The largest absolute Gasteiger partial charge is 0.459 e. The molecule has 0 N–H and O–H groups in total. The van der Waals surface area contributed by atoms with Gasteiger partial charge in [-0.1, -0.05) is 12.1 Å². The van der Waals surface area contributed by atoms with Crippen molar-refractivity contribution < 1.29 is 18.0 Å². The van der Waals surface area contributed by atoms with Crippen molar-refractivity contribution >= 4 is 5.91 Å². The number of carbonyl (C=O) groups excluding carboxylic acids is 1. The van der Waals surface area contributed by atoms with Crippen LogP contribution in [0.1, 0.15) is 34.6 Å². The third kappa shape index (κ3) is 3.42. The van der Waals surface area contributed by atoms with Gasteiger partial charge >= 0.3 is 0 Å². The van der Waals surface area contributed by atoms with Gasteiger partial charge in [0.1, 0.15) is 11.6 Å². The molecule has 0 aliphatic carbocycles. The highest BCUT2D eigenvalue weighted by Crippen LogP contribution is 2.31. The minimum absolute atomic E-state index is 0.151. The van der Waals surface area contributed by atoms with Gasteiger partial charge in [0.15, 0.2) is 5.76 Å². The molecular formula is C19H16F2N2O2. The van der Waals surface area contributed by atoms with Gasteiger partial charge in [-0.25, -0.2) is 8.78 Å². The molecule has 3 aromatic rings. The van der Waals surface area contributed by atoms with Crippen LogP contribution in [0.2, 0.25) is 0 Å². The van der Waals surface area contributed by atoms with Crippen LogP contribution in [0.3, 0.4) is 0 Å². The van der Waals surface area contributed by atoms with Crippen molar-refractivity contribution in [3.8, 4) is 0 Å². The van der Waals surface area contributed by atoms with E-state index in [1.807, 2.05) is 0 Å². The Morgan fingerprint density at radius 3 is 2.68 bits per heavy atom. The van der Waals surface area contributed by atoms with Crippen molar-refractivity contribution in [2.75, 3.05) is 6.54 Å². The summed E-state index contributed by atoms with van der Waals surface area (Å²) < 4.78 is 33.0. The second-order valence-corrected chi connectivity index (χ2v) is 5.42. The summed E-state index contributed by atoms with van der Waals surface area (Å²) in [6, 6.07) is 9.19. The van der Waals surface area contributed by atoms with Crippen LogP contribution in [0.4, 0.5) is 8.78 Å². The fraction of sp³-hybridized carbons (Fsp3) is 0.158. The third-order valence-electron chi connectivity index (χ3n) is 3.90. The Bertz CT molecular complexity index is 851. The van der Waals surface area contributed by atoms with Crippen molar-refractivity contribution in [2.24, 2.45) is 0 Å². The van der Waals surface area contributed by atoms with Crippen LogP contribution in [0.5, 0.6) is 0 Å². The molecule has 4 nitrogen and oxygen atoms in total. The maximum absolute atomic E-state index is 14.5. The summed E-state index contributed by atoms with van der Waals surface area (Å²) in [6.07, 6.45) is 4.55. The predicted molar refractivity (Wildman–Crippen MR) is 87.9 cm³/mol. The van der Waals surface area contributed by atoms with E-state index in [4.69, 9.17) is 4.42 Å². The lowest BCUT2D eigenvalue weighted by molar-refractivity contribution is 0.0682. The van der Waals surface area contributed by atoms with Crippen molar-refractivity contribution in [2.45, 2.75) is 13.0 Å². The molecule has 1 aromatic carbocycles. The van der Waals surface area contributed by atoms with Crippen LogP contribution in [-0.2, 0) is 0 Å². The maximum atomic E-state index is 14.5. The molecular weight excluding hydrogens is 326 g/mol. The van der Waals surface area contributed by atoms with Crippen molar-refractivity contribution in [3.63, 3.8) is 0 Å². The Kier molecular flexibility index (Phi) is 4.88. The van der Waals surface area contributed by atoms with Gasteiger partial charge in [-0.3, -0.25) is 9.78 Å². The molecule has 0 radical (unpaired) electrons. The topological polar surface area (TPSA) is 46.3 Å². The lowest BCUT2D eigenvalue weighted by Gasteiger charge is -2.31. The molecule has 128 valence electrons. The van der Waals surface area contributed by atoms with Gasteiger partial charge in [-0.2, -0.15) is 0 Å². The van der Waals surface area contributed by atoms with Crippen LogP contribution in [-0.4, -0.2) is 22.3 Å². The van der Waals surface area contributed by atoms with Crippen LogP contribution < -0.4 is 0 Å². The average molecular weight is 342 g/mol. The Morgan fingerprint density at radius 1 is 1.24 bits per heavy atom. The first-order valence-corrected chi connectivity index (χ1v) is 7.81. The molecule has 0 spiro atoms. The molecule has 0 bridgehead atoms. The van der Waals surface area contributed by atoms with Crippen molar-refractivity contribution in [1.82, 2.24) is 9.88 Å². The molecule has 0 aliphatic heterocycles. The second kappa shape index (κ2) is 7.25. The quantitative estimate of drug-likeness (QED) is 0.698. The Hall–Kier alpha value is -3.02. The van der Waals surface area contributed by atoms with Crippen LogP contribution in [0.15, 0.2) is 65.5 Å². The SMILES string of the molecule is CCN(C(=O)c1ccco1)[C@@H](c1cccnc1)c1ccc(F)cc1F. The highest BCUT2D eigenvalue weighted by Gasteiger charge is 2.30. The number of furan rings is 1. The molecule has 0 saturated carbocycles. The fourth-order valence-corrected chi connectivity index (χ4v) is 2.77. The number of rotatable bonds is 5. The fourth-order valence-electron chi connectivity index (χ4n) is 2.77. The summed E-state index contributed by atoms with van der Waals surface area (Å²) >= 11 is 0.